The Morgan fingerprint density at radius 2 is 2.25 bits per heavy atom. The lowest BCUT2D eigenvalue weighted by Gasteiger charge is -2.49. The molecule has 128 valence electrons. The summed E-state index contributed by atoms with van der Waals surface area (Å²) in [4.78, 5) is 12.1. The fourth-order valence-corrected chi connectivity index (χ4v) is 5.57. The molecule has 0 aliphatic heterocycles. The largest absolute Gasteiger partial charge is 0.490 e. The van der Waals surface area contributed by atoms with Crippen LogP contribution in [0.1, 0.15) is 49.7 Å². The highest BCUT2D eigenvalue weighted by molar-refractivity contribution is 5.86. The first-order valence-electron chi connectivity index (χ1n) is 9.12. The molecule has 0 unspecified atom stereocenters. The minimum atomic E-state index is -0.750. The van der Waals surface area contributed by atoms with Crippen molar-refractivity contribution in [1.29, 1.82) is 0 Å². The van der Waals surface area contributed by atoms with Crippen LogP contribution in [0.5, 0.6) is 5.75 Å². The van der Waals surface area contributed by atoms with Crippen LogP contribution in [0.25, 0.3) is 0 Å². The normalized spacial score (nSPS) is 37.3. The highest BCUT2D eigenvalue weighted by Gasteiger charge is 2.57. The Bertz CT molecular complexity index is 680. The van der Waals surface area contributed by atoms with E-state index in [2.05, 4.69) is 31.7 Å². The quantitative estimate of drug-likeness (QED) is 0.863. The van der Waals surface area contributed by atoms with Gasteiger partial charge in [0, 0.05) is 11.8 Å². The Morgan fingerprint density at radius 1 is 1.42 bits per heavy atom. The predicted molar refractivity (Wildman–Crippen MR) is 93.1 cm³/mol. The number of rotatable bonds is 3. The molecule has 0 saturated heterocycles. The summed E-state index contributed by atoms with van der Waals surface area (Å²) in [5, 5.41) is 10.4. The van der Waals surface area contributed by atoms with Gasteiger partial charge in [-0.2, -0.15) is 0 Å². The summed E-state index contributed by atoms with van der Waals surface area (Å²) >= 11 is 0. The summed E-state index contributed by atoms with van der Waals surface area (Å²) < 4.78 is 5.68. The minimum Gasteiger partial charge on any atom is -0.490 e. The number of hydrogen-bond donors (Lipinski definition) is 1. The molecule has 3 aliphatic carbocycles. The number of aliphatic hydroxyl groups is 1. The van der Waals surface area contributed by atoms with Gasteiger partial charge >= 0.3 is 0 Å². The van der Waals surface area contributed by atoms with Crippen molar-refractivity contribution < 1.29 is 14.6 Å². The summed E-state index contributed by atoms with van der Waals surface area (Å²) in [5.74, 6) is 2.36. The monoisotopic (exact) mass is 326 g/mol. The first kappa shape index (κ1) is 15.9. The molecule has 3 heteroatoms. The van der Waals surface area contributed by atoms with E-state index in [4.69, 9.17) is 4.74 Å². The van der Waals surface area contributed by atoms with Gasteiger partial charge in [0.2, 0.25) is 0 Å². The third kappa shape index (κ3) is 2.25. The van der Waals surface area contributed by atoms with Crippen molar-refractivity contribution in [1.82, 2.24) is 0 Å². The maximum Gasteiger partial charge on any atom is 0.162 e. The summed E-state index contributed by atoms with van der Waals surface area (Å²) in [5.41, 5.74) is 2.63. The molecular weight excluding hydrogens is 300 g/mol. The number of ketones is 1. The molecule has 0 heterocycles. The van der Waals surface area contributed by atoms with E-state index in [-0.39, 0.29) is 11.2 Å². The molecule has 2 fully saturated rings. The smallest absolute Gasteiger partial charge is 0.162 e. The van der Waals surface area contributed by atoms with Crippen molar-refractivity contribution in [2.45, 2.75) is 51.0 Å². The van der Waals surface area contributed by atoms with Crippen molar-refractivity contribution in [3.63, 3.8) is 0 Å². The minimum absolute atomic E-state index is 0.0575. The van der Waals surface area contributed by atoms with Gasteiger partial charge < -0.3 is 9.84 Å². The highest BCUT2D eigenvalue weighted by atomic mass is 16.5. The summed E-state index contributed by atoms with van der Waals surface area (Å²) in [6, 6.07) is 6.46. The van der Waals surface area contributed by atoms with Gasteiger partial charge in [-0.1, -0.05) is 25.6 Å². The second-order valence-corrected chi connectivity index (χ2v) is 7.99. The van der Waals surface area contributed by atoms with Gasteiger partial charge in [0.1, 0.15) is 18.5 Å². The molecule has 3 nitrogen and oxygen atoms in total. The number of fused-ring (bicyclic) bond motifs is 5. The molecule has 4 rings (SSSR count). The molecule has 2 saturated carbocycles. The van der Waals surface area contributed by atoms with E-state index < -0.39 is 6.10 Å². The van der Waals surface area contributed by atoms with Crippen LogP contribution < -0.4 is 4.74 Å². The third-order valence-electron chi connectivity index (χ3n) is 6.85. The van der Waals surface area contributed by atoms with Gasteiger partial charge in [0.25, 0.3) is 0 Å². The lowest BCUT2D eigenvalue weighted by atomic mass is 9.55. The van der Waals surface area contributed by atoms with E-state index in [1.165, 1.54) is 11.1 Å². The number of ether oxygens (including phenoxy) is 1. The number of carbonyl (C=O) groups is 1. The molecule has 3 aliphatic rings. The molecule has 0 aromatic heterocycles. The standard InChI is InChI=1S/C21H26O3/c1-3-10-24-14-5-7-15-13(11-14)4-6-17-16(15)8-9-21(2)18(17)12-19(22)20(21)23/h3,5,7,11,16-18,20,23H,1,4,6,8-10,12H2,2H3/t16-,17+,18+,20+,21-/m1/s1. The zero-order chi connectivity index (χ0) is 16.9. The molecule has 1 aromatic carbocycles. The van der Waals surface area contributed by atoms with Gasteiger partial charge in [0.05, 0.1) is 0 Å². The van der Waals surface area contributed by atoms with Crippen molar-refractivity contribution in [2.24, 2.45) is 17.3 Å². The van der Waals surface area contributed by atoms with Gasteiger partial charge in [0.15, 0.2) is 5.78 Å². The van der Waals surface area contributed by atoms with Crippen LogP contribution in [-0.4, -0.2) is 23.6 Å². The molecule has 5 atom stereocenters. The van der Waals surface area contributed by atoms with Crippen molar-refractivity contribution in [2.75, 3.05) is 6.61 Å². The number of carbonyl (C=O) groups excluding carboxylic acids is 1. The van der Waals surface area contributed by atoms with Crippen molar-refractivity contribution in [3.05, 3.63) is 42.0 Å². The number of aliphatic hydroxyl groups excluding tert-OH is 1. The summed E-state index contributed by atoms with van der Waals surface area (Å²) in [6.45, 7) is 6.36. The lowest BCUT2D eigenvalue weighted by molar-refractivity contribution is -0.128. The number of benzene rings is 1. The van der Waals surface area contributed by atoms with Gasteiger partial charge in [-0.15, -0.1) is 0 Å². The van der Waals surface area contributed by atoms with Crippen molar-refractivity contribution >= 4 is 5.78 Å². The van der Waals surface area contributed by atoms with Gasteiger partial charge in [-0.05, 0) is 66.7 Å². The van der Waals surface area contributed by atoms with E-state index in [9.17, 15) is 9.90 Å². The molecule has 24 heavy (non-hydrogen) atoms. The molecule has 1 N–H and O–H groups in total. The topological polar surface area (TPSA) is 46.5 Å². The van der Waals surface area contributed by atoms with Gasteiger partial charge in [-0.3, -0.25) is 4.79 Å². The Balaban J connectivity index is 1.62. The van der Waals surface area contributed by atoms with Crippen LogP contribution in [0.2, 0.25) is 0 Å². The summed E-state index contributed by atoms with van der Waals surface area (Å²) in [6.07, 6.45) is 5.75. The van der Waals surface area contributed by atoms with Crippen LogP contribution >= 0.6 is 0 Å². The zero-order valence-electron chi connectivity index (χ0n) is 14.3. The number of aryl methyl sites for hydroxylation is 1. The molecule has 1 aromatic rings. The predicted octanol–water partition coefficient (Wildman–Crippen LogP) is 3.65. The third-order valence-corrected chi connectivity index (χ3v) is 6.85. The van der Waals surface area contributed by atoms with E-state index in [1.54, 1.807) is 6.08 Å². The van der Waals surface area contributed by atoms with E-state index in [0.29, 0.717) is 30.8 Å². The Labute approximate surface area is 143 Å². The fraction of sp³-hybridized carbons (Fsp3) is 0.571. The fourth-order valence-electron chi connectivity index (χ4n) is 5.57. The van der Waals surface area contributed by atoms with Crippen LogP contribution in [0.3, 0.4) is 0 Å². The Hall–Kier alpha value is -1.61. The SMILES string of the molecule is C=CCOc1ccc2c(c1)CC[C@H]1[C@@H]2CC[C@@]2(C)[C@@H](O)C(=O)C[C@@H]12. The van der Waals surface area contributed by atoms with Crippen LogP contribution in [0, 0.1) is 17.3 Å². The van der Waals surface area contributed by atoms with E-state index in [0.717, 1.165) is 31.4 Å². The Morgan fingerprint density at radius 3 is 3.04 bits per heavy atom. The average Bonchev–Trinajstić information content (AvgIpc) is 2.83. The second-order valence-electron chi connectivity index (χ2n) is 7.99. The molecule has 0 radical (unpaired) electrons. The number of Topliss-reactive ketones (excluding diaryl/α,β-unsaturated/α-hetero) is 1. The number of hydrogen-bond acceptors (Lipinski definition) is 3. The lowest BCUT2D eigenvalue weighted by Crippen LogP contribution is -2.44. The first-order chi connectivity index (χ1) is 11.5. The van der Waals surface area contributed by atoms with Crippen LogP contribution in [0.15, 0.2) is 30.9 Å². The van der Waals surface area contributed by atoms with Crippen LogP contribution in [0.4, 0.5) is 0 Å². The Kier molecular flexibility index (Phi) is 3.80. The maximum atomic E-state index is 12.1. The average molecular weight is 326 g/mol. The second kappa shape index (κ2) is 5.73. The van der Waals surface area contributed by atoms with Crippen LogP contribution in [-0.2, 0) is 11.2 Å². The molecule has 0 bridgehead atoms. The van der Waals surface area contributed by atoms with Crippen molar-refractivity contribution in [3.8, 4) is 5.75 Å². The van der Waals surface area contributed by atoms with E-state index in [1.807, 2.05) is 0 Å². The molecule has 0 amide bonds. The van der Waals surface area contributed by atoms with Gasteiger partial charge in [-0.25, -0.2) is 0 Å². The highest BCUT2D eigenvalue weighted by Crippen LogP contribution is 2.60. The van der Waals surface area contributed by atoms with E-state index >= 15 is 0 Å². The zero-order valence-corrected chi connectivity index (χ0v) is 14.3. The summed E-state index contributed by atoms with van der Waals surface area (Å²) in [7, 11) is 0. The first-order valence-corrected chi connectivity index (χ1v) is 9.12. The molecular formula is C21H26O3. The molecule has 0 spiro atoms. The maximum absolute atomic E-state index is 12.1.